The monoisotopic (exact) mass is 515 g/mol. The molecule has 1 heterocycles. The Morgan fingerprint density at radius 3 is 2.05 bits per heavy atom. The van der Waals surface area contributed by atoms with Gasteiger partial charge in [0.15, 0.2) is 11.5 Å². The first kappa shape index (κ1) is 24.4. The van der Waals surface area contributed by atoms with Crippen LogP contribution in [0.2, 0.25) is 0 Å². The molecule has 0 radical (unpaired) electrons. The molecule has 0 fully saturated rings. The summed E-state index contributed by atoms with van der Waals surface area (Å²) < 4.78 is 45.5. The molecule has 0 aliphatic carbocycles. The maximum absolute atomic E-state index is 13.8. The Bertz CT molecular complexity index is 1470. The molecule has 1 aliphatic rings. The van der Waals surface area contributed by atoms with Crippen LogP contribution in [0, 0.1) is 0 Å². The predicted octanol–water partition coefficient (Wildman–Crippen LogP) is 5.21. The topological polar surface area (TPSA) is 82.1 Å². The van der Waals surface area contributed by atoms with E-state index in [2.05, 4.69) is 0 Å². The van der Waals surface area contributed by atoms with Gasteiger partial charge in [0.2, 0.25) is 0 Å². The minimum Gasteiger partial charge on any atom is -0.486 e. The molecule has 0 bridgehead atoms. The molecule has 0 N–H and O–H groups in total. The minimum absolute atomic E-state index is 0.0824. The van der Waals surface area contributed by atoms with Crippen molar-refractivity contribution in [3.05, 3.63) is 120 Å². The van der Waals surface area contributed by atoms with Gasteiger partial charge in [-0.1, -0.05) is 60.7 Å². The Morgan fingerprint density at radius 2 is 1.38 bits per heavy atom. The van der Waals surface area contributed by atoms with E-state index in [0.717, 1.165) is 11.1 Å². The van der Waals surface area contributed by atoms with E-state index in [1.54, 1.807) is 30.3 Å². The molecule has 1 aliphatic heterocycles. The summed E-state index contributed by atoms with van der Waals surface area (Å²) in [6.07, 6.45) is 0. The Balaban J connectivity index is 1.42. The molecule has 5 rings (SSSR count). The summed E-state index contributed by atoms with van der Waals surface area (Å²) in [5.41, 5.74) is 2.44. The molecule has 4 aromatic rings. The third kappa shape index (κ3) is 5.59. The fourth-order valence-corrected chi connectivity index (χ4v) is 5.41. The first-order valence-electron chi connectivity index (χ1n) is 11.8. The zero-order valence-corrected chi connectivity index (χ0v) is 20.8. The molecule has 0 unspecified atom stereocenters. The summed E-state index contributed by atoms with van der Waals surface area (Å²) in [5.74, 6) is 0.418. The van der Waals surface area contributed by atoms with Crippen LogP contribution < -0.4 is 13.8 Å². The van der Waals surface area contributed by atoms with E-state index in [9.17, 15) is 13.2 Å². The Hall–Kier alpha value is -4.30. The first-order chi connectivity index (χ1) is 18.0. The number of carbonyl (C=O) groups is 1. The lowest BCUT2D eigenvalue weighted by Crippen LogP contribution is -2.30. The van der Waals surface area contributed by atoms with Crippen LogP contribution in [0.25, 0.3) is 0 Å². The third-order valence-electron chi connectivity index (χ3n) is 5.87. The summed E-state index contributed by atoms with van der Waals surface area (Å²) in [6.45, 7) is 1.03. The van der Waals surface area contributed by atoms with Gasteiger partial charge in [-0.15, -0.1) is 0 Å². The Morgan fingerprint density at radius 1 is 0.757 bits per heavy atom. The van der Waals surface area contributed by atoms with Crippen molar-refractivity contribution in [1.82, 2.24) is 0 Å². The second kappa shape index (κ2) is 10.8. The van der Waals surface area contributed by atoms with E-state index in [-0.39, 0.29) is 18.0 Å². The highest BCUT2D eigenvalue weighted by molar-refractivity contribution is 7.92. The minimum atomic E-state index is -3.98. The summed E-state index contributed by atoms with van der Waals surface area (Å²) in [7, 11) is -3.98. The smallest absolute Gasteiger partial charge is 0.338 e. The molecule has 0 saturated heterocycles. The fourth-order valence-electron chi connectivity index (χ4n) is 3.95. The Labute approximate surface area is 215 Å². The number of rotatable bonds is 8. The lowest BCUT2D eigenvalue weighted by Gasteiger charge is -2.26. The van der Waals surface area contributed by atoms with Crippen molar-refractivity contribution in [2.75, 3.05) is 17.5 Å². The number of benzene rings is 4. The second-order valence-corrected chi connectivity index (χ2v) is 10.3. The maximum Gasteiger partial charge on any atom is 0.338 e. The summed E-state index contributed by atoms with van der Waals surface area (Å²) >= 11 is 0. The highest BCUT2D eigenvalue weighted by Gasteiger charge is 2.27. The van der Waals surface area contributed by atoms with Crippen LogP contribution in [-0.2, 0) is 27.9 Å². The molecule has 188 valence electrons. The van der Waals surface area contributed by atoms with Gasteiger partial charge in [-0.25, -0.2) is 13.2 Å². The van der Waals surface area contributed by atoms with Gasteiger partial charge >= 0.3 is 5.97 Å². The normalized spacial score (nSPS) is 12.5. The number of hydrogen-bond donors (Lipinski definition) is 0. The van der Waals surface area contributed by atoms with Crippen molar-refractivity contribution < 1.29 is 27.4 Å². The number of carbonyl (C=O) groups excluding carboxylic acids is 1. The number of hydrogen-bond acceptors (Lipinski definition) is 6. The van der Waals surface area contributed by atoms with Crippen LogP contribution in [0.1, 0.15) is 21.5 Å². The molecule has 8 heteroatoms. The van der Waals surface area contributed by atoms with Gasteiger partial charge in [-0.2, -0.15) is 0 Å². The van der Waals surface area contributed by atoms with Gasteiger partial charge in [-0.3, -0.25) is 4.31 Å². The molecule has 4 aromatic carbocycles. The standard InChI is InChI=1S/C29H25NO6S/c31-29(36-21-23-9-5-2-6-10-23)24-11-13-25(14-12-24)30(20-22-7-3-1-4-8-22)37(32,33)26-15-16-27-28(19-26)35-18-17-34-27/h1-16,19H,17-18,20-21H2. The first-order valence-corrected chi connectivity index (χ1v) is 13.2. The number of nitrogens with zero attached hydrogens (tertiary/aromatic N) is 1. The summed E-state index contributed by atoms with van der Waals surface area (Å²) in [5, 5.41) is 0. The van der Waals surface area contributed by atoms with Crippen molar-refractivity contribution in [2.45, 2.75) is 18.0 Å². The molecule has 0 amide bonds. The van der Waals surface area contributed by atoms with E-state index in [4.69, 9.17) is 14.2 Å². The number of ether oxygens (including phenoxy) is 3. The largest absolute Gasteiger partial charge is 0.486 e. The van der Waals surface area contributed by atoms with E-state index in [0.29, 0.717) is 36.0 Å². The van der Waals surface area contributed by atoms with Crippen molar-refractivity contribution in [3.63, 3.8) is 0 Å². The van der Waals surface area contributed by atoms with E-state index in [1.807, 2.05) is 60.7 Å². The highest BCUT2D eigenvalue weighted by Crippen LogP contribution is 2.35. The maximum atomic E-state index is 13.8. The lowest BCUT2D eigenvalue weighted by molar-refractivity contribution is 0.0472. The molecular formula is C29H25NO6S. The quantitative estimate of drug-likeness (QED) is 0.300. The fraction of sp³-hybridized carbons (Fsp3) is 0.138. The summed E-state index contributed by atoms with van der Waals surface area (Å²) in [4.78, 5) is 12.6. The number of anilines is 1. The van der Waals surface area contributed by atoms with Crippen molar-refractivity contribution in [3.8, 4) is 11.5 Å². The van der Waals surface area contributed by atoms with Gasteiger partial charge in [0.1, 0.15) is 19.8 Å². The van der Waals surface area contributed by atoms with E-state index < -0.39 is 16.0 Å². The van der Waals surface area contributed by atoms with Crippen LogP contribution >= 0.6 is 0 Å². The highest BCUT2D eigenvalue weighted by atomic mass is 32.2. The molecule has 0 saturated carbocycles. The van der Waals surface area contributed by atoms with Crippen LogP contribution in [0.15, 0.2) is 108 Å². The van der Waals surface area contributed by atoms with Gasteiger partial charge in [0.25, 0.3) is 10.0 Å². The average Bonchev–Trinajstić information content (AvgIpc) is 2.95. The molecule has 0 spiro atoms. The zero-order valence-electron chi connectivity index (χ0n) is 19.9. The van der Waals surface area contributed by atoms with E-state index >= 15 is 0 Å². The van der Waals surface area contributed by atoms with Crippen molar-refractivity contribution >= 4 is 21.7 Å². The van der Waals surface area contributed by atoms with Crippen LogP contribution in [0.5, 0.6) is 11.5 Å². The predicted molar refractivity (Wildman–Crippen MR) is 139 cm³/mol. The molecule has 7 nitrogen and oxygen atoms in total. The van der Waals surface area contributed by atoms with Crippen LogP contribution in [0.4, 0.5) is 5.69 Å². The van der Waals surface area contributed by atoms with Crippen LogP contribution in [0.3, 0.4) is 0 Å². The van der Waals surface area contributed by atoms with Gasteiger partial charge < -0.3 is 14.2 Å². The van der Waals surface area contributed by atoms with Gasteiger partial charge in [0.05, 0.1) is 22.7 Å². The molecule has 37 heavy (non-hydrogen) atoms. The second-order valence-electron chi connectivity index (χ2n) is 8.41. The molecular weight excluding hydrogens is 490 g/mol. The van der Waals surface area contributed by atoms with Crippen molar-refractivity contribution in [2.24, 2.45) is 0 Å². The number of fused-ring (bicyclic) bond motifs is 1. The third-order valence-corrected chi connectivity index (χ3v) is 7.64. The van der Waals surface area contributed by atoms with Crippen molar-refractivity contribution in [1.29, 1.82) is 0 Å². The van der Waals surface area contributed by atoms with Crippen LogP contribution in [-0.4, -0.2) is 27.6 Å². The Kier molecular flexibility index (Phi) is 7.09. The summed E-state index contributed by atoms with van der Waals surface area (Å²) in [6, 6.07) is 29.7. The van der Waals surface area contributed by atoms with Gasteiger partial charge in [0, 0.05) is 6.07 Å². The SMILES string of the molecule is O=C(OCc1ccccc1)c1ccc(N(Cc2ccccc2)S(=O)(=O)c2ccc3c(c2)OCCO3)cc1. The molecule has 0 atom stereocenters. The molecule has 0 aromatic heterocycles. The van der Waals surface area contributed by atoms with Gasteiger partial charge in [-0.05, 0) is 47.5 Å². The lowest BCUT2D eigenvalue weighted by atomic mass is 10.2. The average molecular weight is 516 g/mol. The zero-order chi connectivity index (χ0) is 25.7. The number of sulfonamides is 1. The number of esters is 1. The van der Waals surface area contributed by atoms with E-state index in [1.165, 1.54) is 16.4 Å².